The van der Waals surface area contributed by atoms with Gasteiger partial charge >= 0.3 is 0 Å². The molecule has 0 saturated heterocycles. The molecule has 7 nitrogen and oxygen atoms in total. The first-order valence-electron chi connectivity index (χ1n) is 6.20. The van der Waals surface area contributed by atoms with Gasteiger partial charge in [-0.15, -0.1) is 10.2 Å². The van der Waals surface area contributed by atoms with E-state index in [9.17, 15) is 4.79 Å². The Morgan fingerprint density at radius 2 is 1.86 bits per heavy atom. The van der Waals surface area contributed by atoms with E-state index in [0.29, 0.717) is 17.1 Å². The second kappa shape index (κ2) is 6.56. The minimum absolute atomic E-state index is 0.246. The van der Waals surface area contributed by atoms with E-state index in [0.717, 1.165) is 5.56 Å². The van der Waals surface area contributed by atoms with Crippen molar-refractivity contribution in [1.82, 2.24) is 14.9 Å². The predicted molar refractivity (Wildman–Crippen MR) is 77.6 cm³/mol. The molecule has 0 aliphatic carbocycles. The molecule has 2 aromatic rings. The highest BCUT2D eigenvalue weighted by atomic mass is 16.5. The van der Waals surface area contributed by atoms with Gasteiger partial charge in [0.15, 0.2) is 11.5 Å². The fraction of sp³-hybridized carbons (Fsp3) is 0.214. The van der Waals surface area contributed by atoms with Gasteiger partial charge in [0.05, 0.1) is 14.2 Å². The van der Waals surface area contributed by atoms with Gasteiger partial charge in [-0.05, 0) is 30.7 Å². The summed E-state index contributed by atoms with van der Waals surface area (Å²) in [5, 5.41) is 7.22. The predicted octanol–water partition coefficient (Wildman–Crippen LogP) is 1.47. The zero-order valence-electron chi connectivity index (χ0n) is 12.0. The fourth-order valence-electron chi connectivity index (χ4n) is 1.72. The number of rotatable bonds is 5. The van der Waals surface area contributed by atoms with Crippen LogP contribution < -0.4 is 14.9 Å². The van der Waals surface area contributed by atoms with Crippen LogP contribution in [0, 0.1) is 0 Å². The quantitative estimate of drug-likeness (QED) is 0.843. The monoisotopic (exact) mass is 288 g/mol. The number of hydrogen-bond donors (Lipinski definition) is 1. The largest absolute Gasteiger partial charge is 0.493 e. The van der Waals surface area contributed by atoms with Crippen molar-refractivity contribution in [2.45, 2.75) is 6.92 Å². The van der Waals surface area contributed by atoms with Crippen LogP contribution >= 0.6 is 0 Å². The molecule has 1 amide bonds. The Morgan fingerprint density at radius 3 is 2.48 bits per heavy atom. The van der Waals surface area contributed by atoms with Crippen LogP contribution in [-0.4, -0.2) is 35.0 Å². The maximum absolute atomic E-state index is 12.0. The molecular formula is C14H16N4O3. The minimum atomic E-state index is -0.246. The van der Waals surface area contributed by atoms with Crippen molar-refractivity contribution in [2.24, 2.45) is 0 Å². The van der Waals surface area contributed by atoms with Gasteiger partial charge in [0.2, 0.25) is 0 Å². The zero-order valence-corrected chi connectivity index (χ0v) is 12.0. The molecule has 0 spiro atoms. The molecule has 0 radical (unpaired) electrons. The summed E-state index contributed by atoms with van der Waals surface area (Å²) in [6, 6.07) is 5.43. The SMILES string of the molecule is COc1ccc(/C=C(\C)C(=O)Nn2cnnc2)cc1OC. The zero-order chi connectivity index (χ0) is 15.2. The van der Waals surface area contributed by atoms with Gasteiger partial charge in [0.1, 0.15) is 12.7 Å². The average Bonchev–Trinajstić information content (AvgIpc) is 2.99. The molecule has 0 aliphatic heterocycles. The van der Waals surface area contributed by atoms with Gasteiger partial charge in [-0.25, -0.2) is 4.68 Å². The normalized spacial score (nSPS) is 11.1. The number of nitrogens with zero attached hydrogens (tertiary/aromatic N) is 3. The number of benzene rings is 1. The highest BCUT2D eigenvalue weighted by molar-refractivity contribution is 6.02. The number of hydrogen-bond acceptors (Lipinski definition) is 5. The average molecular weight is 288 g/mol. The first-order valence-corrected chi connectivity index (χ1v) is 6.20. The van der Waals surface area contributed by atoms with Crippen molar-refractivity contribution in [3.8, 4) is 11.5 Å². The van der Waals surface area contributed by atoms with Crippen molar-refractivity contribution in [3.05, 3.63) is 42.0 Å². The first kappa shape index (κ1) is 14.6. The van der Waals surface area contributed by atoms with E-state index in [1.807, 2.05) is 6.07 Å². The molecule has 2 rings (SSSR count). The summed E-state index contributed by atoms with van der Waals surface area (Å²) >= 11 is 0. The second-order valence-electron chi connectivity index (χ2n) is 4.25. The van der Waals surface area contributed by atoms with Gasteiger partial charge in [-0.2, -0.15) is 0 Å². The Balaban J connectivity index is 2.16. The van der Waals surface area contributed by atoms with Crippen LogP contribution in [0.2, 0.25) is 0 Å². The maximum atomic E-state index is 12.0. The molecule has 0 fully saturated rings. The van der Waals surface area contributed by atoms with Crippen LogP contribution in [0.3, 0.4) is 0 Å². The van der Waals surface area contributed by atoms with Gasteiger partial charge in [-0.3, -0.25) is 10.2 Å². The lowest BCUT2D eigenvalue weighted by molar-refractivity contribution is -0.113. The highest BCUT2D eigenvalue weighted by Gasteiger charge is 2.07. The molecule has 0 bridgehead atoms. The molecule has 1 aromatic carbocycles. The number of carbonyl (C=O) groups excluding carboxylic acids is 1. The summed E-state index contributed by atoms with van der Waals surface area (Å²) in [6.07, 6.45) is 4.56. The first-order chi connectivity index (χ1) is 10.1. The Labute approximate surface area is 122 Å². The Morgan fingerprint density at radius 1 is 1.19 bits per heavy atom. The van der Waals surface area contributed by atoms with E-state index in [-0.39, 0.29) is 5.91 Å². The summed E-state index contributed by atoms with van der Waals surface area (Å²) in [5.41, 5.74) is 4.00. The highest BCUT2D eigenvalue weighted by Crippen LogP contribution is 2.28. The maximum Gasteiger partial charge on any atom is 0.265 e. The number of amides is 1. The molecule has 1 N–H and O–H groups in total. The van der Waals surface area contributed by atoms with Crippen LogP contribution in [0.4, 0.5) is 0 Å². The van der Waals surface area contributed by atoms with E-state index < -0.39 is 0 Å². The summed E-state index contributed by atoms with van der Waals surface area (Å²) in [5.74, 6) is 1.00. The molecule has 110 valence electrons. The third-order valence-electron chi connectivity index (χ3n) is 2.80. The van der Waals surface area contributed by atoms with Gasteiger partial charge in [0, 0.05) is 5.57 Å². The molecule has 0 atom stereocenters. The van der Waals surface area contributed by atoms with E-state index in [1.54, 1.807) is 39.4 Å². The van der Waals surface area contributed by atoms with Gasteiger partial charge in [-0.1, -0.05) is 6.07 Å². The lowest BCUT2D eigenvalue weighted by atomic mass is 10.1. The van der Waals surface area contributed by atoms with Crippen molar-refractivity contribution < 1.29 is 14.3 Å². The number of nitrogens with one attached hydrogen (secondary N) is 1. The van der Waals surface area contributed by atoms with Crippen LogP contribution in [0.25, 0.3) is 6.08 Å². The summed E-state index contributed by atoms with van der Waals surface area (Å²) in [6.45, 7) is 1.72. The molecule has 21 heavy (non-hydrogen) atoms. The van der Waals surface area contributed by atoms with Gasteiger partial charge in [0.25, 0.3) is 5.91 Å². The third-order valence-corrected chi connectivity index (χ3v) is 2.80. The van der Waals surface area contributed by atoms with E-state index >= 15 is 0 Å². The van der Waals surface area contributed by atoms with E-state index in [2.05, 4.69) is 15.6 Å². The Hall–Kier alpha value is -2.83. The lowest BCUT2D eigenvalue weighted by Gasteiger charge is -2.08. The van der Waals surface area contributed by atoms with Crippen LogP contribution in [-0.2, 0) is 4.79 Å². The molecule has 1 heterocycles. The summed E-state index contributed by atoms with van der Waals surface area (Å²) < 4.78 is 11.8. The Kier molecular flexibility index (Phi) is 4.55. The van der Waals surface area contributed by atoms with Crippen molar-refractivity contribution in [3.63, 3.8) is 0 Å². The van der Waals surface area contributed by atoms with E-state index in [4.69, 9.17) is 9.47 Å². The molecule has 0 unspecified atom stereocenters. The molecule has 0 saturated carbocycles. The number of aromatic nitrogens is 3. The van der Waals surface area contributed by atoms with Crippen LogP contribution in [0.5, 0.6) is 11.5 Å². The fourth-order valence-corrected chi connectivity index (χ4v) is 1.72. The standard InChI is InChI=1S/C14H16N4O3/c1-10(14(19)17-18-8-15-16-9-18)6-11-4-5-12(20-2)13(7-11)21-3/h4-9H,1-3H3,(H,17,19)/b10-6+. The minimum Gasteiger partial charge on any atom is -0.493 e. The van der Waals surface area contributed by atoms with Crippen molar-refractivity contribution in [1.29, 1.82) is 0 Å². The second-order valence-corrected chi connectivity index (χ2v) is 4.25. The molecule has 0 aliphatic rings. The number of carbonyl (C=O) groups is 1. The molecular weight excluding hydrogens is 272 g/mol. The van der Waals surface area contributed by atoms with Crippen molar-refractivity contribution in [2.75, 3.05) is 19.6 Å². The molecule has 7 heteroatoms. The topological polar surface area (TPSA) is 78.3 Å². The molecule has 1 aromatic heterocycles. The van der Waals surface area contributed by atoms with Crippen molar-refractivity contribution >= 4 is 12.0 Å². The van der Waals surface area contributed by atoms with Gasteiger partial charge < -0.3 is 9.47 Å². The van der Waals surface area contributed by atoms with Crippen LogP contribution in [0.1, 0.15) is 12.5 Å². The summed E-state index contributed by atoms with van der Waals surface area (Å²) in [7, 11) is 3.14. The van der Waals surface area contributed by atoms with Crippen LogP contribution in [0.15, 0.2) is 36.4 Å². The lowest BCUT2D eigenvalue weighted by Crippen LogP contribution is -2.22. The number of ether oxygens (including phenoxy) is 2. The number of methoxy groups -OCH3 is 2. The van der Waals surface area contributed by atoms with E-state index in [1.165, 1.54) is 17.3 Å². The third kappa shape index (κ3) is 3.59. The Bertz CT molecular complexity index is 650. The summed E-state index contributed by atoms with van der Waals surface area (Å²) in [4.78, 5) is 12.0. The smallest absolute Gasteiger partial charge is 0.265 e.